The van der Waals surface area contributed by atoms with Crippen LogP contribution in [0.3, 0.4) is 0 Å². The van der Waals surface area contributed by atoms with Crippen LogP contribution in [0, 0.1) is 3.70 Å². The number of halogens is 1. The molecule has 0 spiro atoms. The number of aromatic nitrogens is 1. The molecule has 0 aliphatic carbocycles. The lowest BCUT2D eigenvalue weighted by Gasteiger charge is -2.01. The highest BCUT2D eigenvalue weighted by Gasteiger charge is 2.16. The fraction of sp³-hybridized carbons (Fsp3) is 0. The molecule has 2 aromatic carbocycles. The van der Waals surface area contributed by atoms with Gasteiger partial charge in [0.15, 0.2) is 5.76 Å². The normalized spacial score (nSPS) is 10.6. The standard InChI is InChI=1S/C15H10INO2/c16-14-13(11-7-3-1-4-8-11)19-15(18)17(14)12-9-5-2-6-10-12/h1-10H. The molecule has 0 aliphatic rings. The van der Waals surface area contributed by atoms with Crippen molar-refractivity contribution in [3.8, 4) is 17.0 Å². The lowest BCUT2D eigenvalue weighted by atomic mass is 10.2. The molecule has 0 unspecified atom stereocenters. The van der Waals surface area contributed by atoms with Crippen molar-refractivity contribution in [3.63, 3.8) is 0 Å². The van der Waals surface area contributed by atoms with Gasteiger partial charge >= 0.3 is 5.76 Å². The van der Waals surface area contributed by atoms with Gasteiger partial charge in [-0.15, -0.1) is 0 Å². The predicted octanol–water partition coefficient (Wildman–Crippen LogP) is 3.70. The highest BCUT2D eigenvalue weighted by Crippen LogP contribution is 2.25. The van der Waals surface area contributed by atoms with Crippen LogP contribution in [0.25, 0.3) is 17.0 Å². The molecule has 0 fully saturated rings. The summed E-state index contributed by atoms with van der Waals surface area (Å²) < 4.78 is 7.74. The zero-order chi connectivity index (χ0) is 13.2. The largest absolute Gasteiger partial charge is 0.425 e. The summed E-state index contributed by atoms with van der Waals surface area (Å²) in [6.45, 7) is 0. The number of benzene rings is 2. The van der Waals surface area contributed by atoms with E-state index in [0.29, 0.717) is 5.76 Å². The predicted molar refractivity (Wildman–Crippen MR) is 82.5 cm³/mol. The second-order valence-electron chi connectivity index (χ2n) is 4.02. The molecule has 1 aromatic heterocycles. The van der Waals surface area contributed by atoms with E-state index in [4.69, 9.17) is 4.42 Å². The zero-order valence-electron chi connectivity index (χ0n) is 9.92. The summed E-state index contributed by atoms with van der Waals surface area (Å²) in [6.07, 6.45) is 0. The zero-order valence-corrected chi connectivity index (χ0v) is 12.1. The molecule has 3 rings (SSSR count). The molecule has 0 radical (unpaired) electrons. The van der Waals surface area contributed by atoms with Gasteiger partial charge in [-0.3, -0.25) is 0 Å². The summed E-state index contributed by atoms with van der Waals surface area (Å²) in [5.41, 5.74) is 1.71. The van der Waals surface area contributed by atoms with Gasteiger partial charge in [-0.25, -0.2) is 9.36 Å². The Hall–Kier alpha value is -1.82. The molecule has 0 saturated carbocycles. The van der Waals surface area contributed by atoms with E-state index in [1.54, 1.807) is 4.57 Å². The molecule has 0 atom stereocenters. The lowest BCUT2D eigenvalue weighted by molar-refractivity contribution is 0.516. The summed E-state index contributed by atoms with van der Waals surface area (Å²) in [4.78, 5) is 12.0. The molecule has 1 heterocycles. The third-order valence-electron chi connectivity index (χ3n) is 2.81. The number of oxazole rings is 1. The van der Waals surface area contributed by atoms with Crippen LogP contribution in [0.5, 0.6) is 0 Å². The Morgan fingerprint density at radius 1 is 0.895 bits per heavy atom. The first-order chi connectivity index (χ1) is 9.27. The van der Waals surface area contributed by atoms with Crippen LogP contribution < -0.4 is 5.76 Å². The first kappa shape index (κ1) is 12.2. The first-order valence-electron chi connectivity index (χ1n) is 5.79. The van der Waals surface area contributed by atoms with Crippen molar-refractivity contribution in [2.24, 2.45) is 0 Å². The summed E-state index contributed by atoms with van der Waals surface area (Å²) in [5, 5.41) is 0. The minimum absolute atomic E-state index is 0.366. The third kappa shape index (κ3) is 2.23. The van der Waals surface area contributed by atoms with Crippen LogP contribution in [0.2, 0.25) is 0 Å². The van der Waals surface area contributed by atoms with Gasteiger partial charge in [0.05, 0.1) is 5.69 Å². The Labute approximate surface area is 123 Å². The fourth-order valence-corrected chi connectivity index (χ4v) is 2.82. The molecule has 0 amide bonds. The van der Waals surface area contributed by atoms with Crippen LogP contribution in [-0.4, -0.2) is 4.57 Å². The maximum absolute atomic E-state index is 12.0. The molecule has 94 valence electrons. The highest BCUT2D eigenvalue weighted by molar-refractivity contribution is 14.1. The van der Waals surface area contributed by atoms with Gasteiger partial charge in [0, 0.05) is 5.56 Å². The number of nitrogens with zero attached hydrogens (tertiary/aromatic N) is 1. The molecule has 0 aliphatic heterocycles. The van der Waals surface area contributed by atoms with E-state index in [2.05, 4.69) is 22.6 Å². The smallest absolute Gasteiger partial charge is 0.406 e. The topological polar surface area (TPSA) is 35.1 Å². The van der Waals surface area contributed by atoms with Crippen LogP contribution in [0.1, 0.15) is 0 Å². The van der Waals surface area contributed by atoms with E-state index in [1.807, 2.05) is 60.7 Å². The van der Waals surface area contributed by atoms with Gasteiger partial charge < -0.3 is 4.42 Å². The van der Waals surface area contributed by atoms with Gasteiger partial charge in [0.25, 0.3) is 0 Å². The van der Waals surface area contributed by atoms with Crippen molar-refractivity contribution in [2.75, 3.05) is 0 Å². The van der Waals surface area contributed by atoms with E-state index >= 15 is 0 Å². The van der Waals surface area contributed by atoms with Crippen LogP contribution in [0.15, 0.2) is 69.9 Å². The Balaban J connectivity index is 2.20. The summed E-state index contributed by atoms with van der Waals surface area (Å²) >= 11 is 2.14. The van der Waals surface area contributed by atoms with E-state index < -0.39 is 0 Å². The van der Waals surface area contributed by atoms with Crippen LogP contribution in [0.4, 0.5) is 0 Å². The Morgan fingerprint density at radius 3 is 2.11 bits per heavy atom. The van der Waals surface area contributed by atoms with E-state index in [1.165, 1.54) is 0 Å². The second kappa shape index (κ2) is 5.05. The van der Waals surface area contributed by atoms with Crippen LogP contribution in [-0.2, 0) is 0 Å². The van der Waals surface area contributed by atoms with Crippen molar-refractivity contribution in [1.82, 2.24) is 4.57 Å². The minimum atomic E-state index is -0.366. The van der Waals surface area contributed by atoms with Crippen LogP contribution >= 0.6 is 22.6 Å². The van der Waals surface area contributed by atoms with Crippen molar-refractivity contribution in [3.05, 3.63) is 74.9 Å². The average Bonchev–Trinajstić information content (AvgIpc) is 2.76. The van der Waals surface area contributed by atoms with Crippen molar-refractivity contribution < 1.29 is 4.42 Å². The van der Waals surface area contributed by atoms with Gasteiger partial charge in [0.2, 0.25) is 0 Å². The first-order valence-corrected chi connectivity index (χ1v) is 6.87. The Kier molecular flexibility index (Phi) is 3.25. The quantitative estimate of drug-likeness (QED) is 0.651. The van der Waals surface area contributed by atoms with E-state index in [-0.39, 0.29) is 5.76 Å². The lowest BCUT2D eigenvalue weighted by Crippen LogP contribution is -2.13. The minimum Gasteiger partial charge on any atom is -0.406 e. The van der Waals surface area contributed by atoms with Crippen molar-refractivity contribution in [1.29, 1.82) is 0 Å². The van der Waals surface area contributed by atoms with Crippen molar-refractivity contribution in [2.45, 2.75) is 0 Å². The molecule has 0 saturated heterocycles. The Bertz CT molecular complexity index is 745. The van der Waals surface area contributed by atoms with Gasteiger partial charge in [-0.1, -0.05) is 48.5 Å². The Morgan fingerprint density at radius 2 is 1.47 bits per heavy atom. The maximum atomic E-state index is 12.0. The second-order valence-corrected chi connectivity index (χ2v) is 5.05. The summed E-state index contributed by atoms with van der Waals surface area (Å²) in [7, 11) is 0. The SMILES string of the molecule is O=c1oc(-c2ccccc2)c(I)n1-c1ccccc1. The molecular weight excluding hydrogens is 353 g/mol. The highest BCUT2D eigenvalue weighted by atomic mass is 127. The molecule has 19 heavy (non-hydrogen) atoms. The average molecular weight is 363 g/mol. The number of hydrogen-bond donors (Lipinski definition) is 0. The van der Waals surface area contributed by atoms with Gasteiger partial charge in [0.1, 0.15) is 3.70 Å². The third-order valence-corrected chi connectivity index (χ3v) is 3.78. The molecule has 0 bridgehead atoms. The fourth-order valence-electron chi connectivity index (χ4n) is 1.92. The molecular formula is C15H10INO2. The monoisotopic (exact) mass is 363 g/mol. The molecule has 0 N–H and O–H groups in total. The maximum Gasteiger partial charge on any atom is 0.425 e. The van der Waals surface area contributed by atoms with E-state index in [0.717, 1.165) is 15.0 Å². The summed E-state index contributed by atoms with van der Waals surface area (Å²) in [6, 6.07) is 19.1. The number of hydrogen-bond acceptors (Lipinski definition) is 2. The van der Waals surface area contributed by atoms with E-state index in [9.17, 15) is 4.79 Å². The van der Waals surface area contributed by atoms with Crippen molar-refractivity contribution >= 4 is 22.6 Å². The number of para-hydroxylation sites is 1. The summed E-state index contributed by atoms with van der Waals surface area (Å²) in [5.74, 6) is 0.240. The molecule has 3 nitrogen and oxygen atoms in total. The molecule has 4 heteroatoms. The number of rotatable bonds is 2. The molecule has 3 aromatic rings. The van der Waals surface area contributed by atoms with Gasteiger partial charge in [-0.05, 0) is 34.7 Å². The van der Waals surface area contributed by atoms with Gasteiger partial charge in [-0.2, -0.15) is 0 Å².